The van der Waals surface area contributed by atoms with Crippen molar-refractivity contribution < 1.29 is 13.2 Å². The van der Waals surface area contributed by atoms with Gasteiger partial charge < -0.3 is 10.5 Å². The number of nitrogens with zero attached hydrogens (tertiary/aromatic N) is 1. The minimum atomic E-state index is -3.40. The monoisotopic (exact) mass is 249 g/mol. The summed E-state index contributed by atoms with van der Waals surface area (Å²) in [7, 11) is -1.96. The smallest absolute Gasteiger partial charge is 0.217 e. The van der Waals surface area contributed by atoms with Crippen molar-refractivity contribution in [3.05, 3.63) is 0 Å². The molecule has 1 fully saturated rings. The predicted octanol–water partition coefficient (Wildman–Crippen LogP) is -0.249. The van der Waals surface area contributed by atoms with Crippen LogP contribution in [-0.4, -0.2) is 50.1 Å². The maximum Gasteiger partial charge on any atom is 0.217 e. The number of ether oxygens (including phenoxy) is 1. The van der Waals surface area contributed by atoms with Crippen LogP contribution in [0.15, 0.2) is 0 Å². The van der Waals surface area contributed by atoms with Crippen molar-refractivity contribution in [2.24, 2.45) is 5.73 Å². The standard InChI is InChI=1S/C9H19N3O3S/c1-7(9(10)11)12(2)16(13,14)6-8-4-3-5-15-8/h7-8H,3-6H2,1-2H3,(H3,10,11). The van der Waals surface area contributed by atoms with E-state index in [-0.39, 0.29) is 17.7 Å². The van der Waals surface area contributed by atoms with Crippen LogP contribution in [0.4, 0.5) is 0 Å². The topological polar surface area (TPSA) is 96.5 Å². The van der Waals surface area contributed by atoms with Crippen molar-refractivity contribution in [2.75, 3.05) is 19.4 Å². The zero-order valence-electron chi connectivity index (χ0n) is 9.64. The van der Waals surface area contributed by atoms with Crippen LogP contribution in [0.25, 0.3) is 0 Å². The highest BCUT2D eigenvalue weighted by Gasteiger charge is 2.29. The molecule has 94 valence electrons. The summed E-state index contributed by atoms with van der Waals surface area (Å²) < 4.78 is 30.3. The molecule has 0 aromatic carbocycles. The van der Waals surface area contributed by atoms with E-state index in [9.17, 15) is 8.42 Å². The van der Waals surface area contributed by atoms with Crippen LogP contribution in [0.1, 0.15) is 19.8 Å². The Labute approximate surface area is 96.3 Å². The highest BCUT2D eigenvalue weighted by Crippen LogP contribution is 2.16. The Morgan fingerprint density at radius 1 is 1.69 bits per heavy atom. The van der Waals surface area contributed by atoms with Crippen molar-refractivity contribution in [3.8, 4) is 0 Å². The van der Waals surface area contributed by atoms with Crippen LogP contribution in [0.2, 0.25) is 0 Å². The molecular weight excluding hydrogens is 230 g/mol. The van der Waals surface area contributed by atoms with Crippen LogP contribution in [0.5, 0.6) is 0 Å². The molecule has 2 unspecified atom stereocenters. The van der Waals surface area contributed by atoms with Crippen LogP contribution in [0, 0.1) is 5.41 Å². The zero-order valence-corrected chi connectivity index (χ0v) is 10.5. The molecule has 3 N–H and O–H groups in total. The maximum absolute atomic E-state index is 11.9. The van der Waals surface area contributed by atoms with E-state index in [1.165, 1.54) is 7.05 Å². The van der Waals surface area contributed by atoms with Crippen molar-refractivity contribution in [1.29, 1.82) is 5.41 Å². The second kappa shape index (κ2) is 5.11. The summed E-state index contributed by atoms with van der Waals surface area (Å²) in [5, 5.41) is 7.24. The number of hydrogen-bond donors (Lipinski definition) is 2. The van der Waals surface area contributed by atoms with Crippen molar-refractivity contribution in [3.63, 3.8) is 0 Å². The summed E-state index contributed by atoms with van der Waals surface area (Å²) in [6.45, 7) is 2.22. The highest BCUT2D eigenvalue weighted by atomic mass is 32.2. The summed E-state index contributed by atoms with van der Waals surface area (Å²) in [5.41, 5.74) is 5.29. The molecule has 0 radical (unpaired) electrons. The molecule has 6 nitrogen and oxygen atoms in total. The van der Waals surface area contributed by atoms with E-state index in [1.807, 2.05) is 0 Å². The average Bonchev–Trinajstić information content (AvgIpc) is 2.67. The summed E-state index contributed by atoms with van der Waals surface area (Å²) in [5.74, 6) is -0.181. The number of likely N-dealkylation sites (N-methyl/N-ethyl adjacent to an activating group) is 1. The molecule has 0 saturated carbocycles. The second-order valence-electron chi connectivity index (χ2n) is 4.06. The molecule has 1 rings (SSSR count). The Balaban J connectivity index is 2.65. The van der Waals surface area contributed by atoms with Gasteiger partial charge in [0.2, 0.25) is 10.0 Å². The van der Waals surface area contributed by atoms with Gasteiger partial charge >= 0.3 is 0 Å². The van der Waals surface area contributed by atoms with E-state index in [0.717, 1.165) is 17.1 Å². The van der Waals surface area contributed by atoms with Gasteiger partial charge in [-0.15, -0.1) is 0 Å². The highest BCUT2D eigenvalue weighted by molar-refractivity contribution is 7.89. The Morgan fingerprint density at radius 3 is 2.75 bits per heavy atom. The first-order valence-electron chi connectivity index (χ1n) is 5.26. The zero-order chi connectivity index (χ0) is 12.3. The van der Waals surface area contributed by atoms with Gasteiger partial charge in [0.1, 0.15) is 5.84 Å². The predicted molar refractivity (Wildman–Crippen MR) is 61.9 cm³/mol. The van der Waals surface area contributed by atoms with Crippen LogP contribution < -0.4 is 5.73 Å². The van der Waals surface area contributed by atoms with Gasteiger partial charge in [-0.05, 0) is 19.8 Å². The first-order valence-corrected chi connectivity index (χ1v) is 6.86. The van der Waals surface area contributed by atoms with Gasteiger partial charge in [-0.2, -0.15) is 4.31 Å². The first kappa shape index (κ1) is 13.4. The van der Waals surface area contributed by atoms with Gasteiger partial charge in [-0.3, -0.25) is 5.41 Å². The first-order chi connectivity index (χ1) is 7.34. The molecule has 0 aliphatic carbocycles. The van der Waals surface area contributed by atoms with Crippen molar-refractivity contribution >= 4 is 15.9 Å². The largest absolute Gasteiger partial charge is 0.386 e. The fourth-order valence-electron chi connectivity index (χ4n) is 1.57. The number of sulfonamides is 1. The van der Waals surface area contributed by atoms with Gasteiger partial charge in [0.15, 0.2) is 0 Å². The van der Waals surface area contributed by atoms with E-state index in [4.69, 9.17) is 15.9 Å². The van der Waals surface area contributed by atoms with E-state index in [1.54, 1.807) is 6.92 Å². The summed E-state index contributed by atoms with van der Waals surface area (Å²) in [6, 6.07) is -0.605. The van der Waals surface area contributed by atoms with Crippen molar-refractivity contribution in [1.82, 2.24) is 4.31 Å². The van der Waals surface area contributed by atoms with E-state index < -0.39 is 16.1 Å². The lowest BCUT2D eigenvalue weighted by molar-refractivity contribution is 0.126. The molecule has 7 heteroatoms. The molecule has 0 aromatic heterocycles. The lowest BCUT2D eigenvalue weighted by Gasteiger charge is -2.24. The minimum absolute atomic E-state index is 0.0267. The molecule has 1 heterocycles. The molecule has 0 bridgehead atoms. The van der Waals surface area contributed by atoms with E-state index in [2.05, 4.69) is 0 Å². The summed E-state index contributed by atoms with van der Waals surface area (Å²) >= 11 is 0. The Morgan fingerprint density at radius 2 is 2.31 bits per heavy atom. The molecule has 0 spiro atoms. The molecule has 2 atom stereocenters. The second-order valence-corrected chi connectivity index (χ2v) is 6.13. The molecule has 1 aliphatic heterocycles. The lowest BCUT2D eigenvalue weighted by Crippen LogP contribution is -2.45. The molecule has 1 saturated heterocycles. The Hall–Kier alpha value is -0.660. The number of amidine groups is 1. The summed E-state index contributed by atoms with van der Waals surface area (Å²) in [4.78, 5) is 0. The Kier molecular flexibility index (Phi) is 4.28. The van der Waals surface area contributed by atoms with Crippen LogP contribution in [0.3, 0.4) is 0 Å². The molecule has 0 aromatic rings. The number of nitrogens with two attached hydrogens (primary N) is 1. The fourth-order valence-corrected chi connectivity index (χ4v) is 3.13. The molecule has 1 aliphatic rings. The molecule has 0 amide bonds. The van der Waals surface area contributed by atoms with Gasteiger partial charge in [0.05, 0.1) is 17.9 Å². The van der Waals surface area contributed by atoms with Crippen LogP contribution in [-0.2, 0) is 14.8 Å². The van der Waals surface area contributed by atoms with Gasteiger partial charge in [-0.25, -0.2) is 8.42 Å². The lowest BCUT2D eigenvalue weighted by atomic mass is 10.3. The number of nitrogens with one attached hydrogen (secondary N) is 1. The quantitative estimate of drug-likeness (QED) is 0.519. The van der Waals surface area contributed by atoms with Gasteiger partial charge in [0, 0.05) is 13.7 Å². The van der Waals surface area contributed by atoms with Crippen LogP contribution >= 0.6 is 0 Å². The molecule has 16 heavy (non-hydrogen) atoms. The number of rotatable bonds is 5. The maximum atomic E-state index is 11.9. The van der Waals surface area contributed by atoms with E-state index >= 15 is 0 Å². The average molecular weight is 249 g/mol. The third-order valence-electron chi connectivity index (χ3n) is 2.85. The normalized spacial score (nSPS) is 23.6. The minimum Gasteiger partial charge on any atom is -0.386 e. The third kappa shape index (κ3) is 3.16. The van der Waals surface area contributed by atoms with Crippen molar-refractivity contribution in [2.45, 2.75) is 31.9 Å². The fraction of sp³-hybridized carbons (Fsp3) is 0.889. The number of hydrogen-bond acceptors (Lipinski definition) is 4. The molecular formula is C9H19N3O3S. The third-order valence-corrected chi connectivity index (χ3v) is 4.84. The van der Waals surface area contributed by atoms with Gasteiger partial charge in [-0.1, -0.05) is 0 Å². The summed E-state index contributed by atoms with van der Waals surface area (Å²) in [6.07, 6.45) is 1.47. The SMILES string of the molecule is CC(C(=N)N)N(C)S(=O)(=O)CC1CCCO1. The van der Waals surface area contributed by atoms with Gasteiger partial charge in [0.25, 0.3) is 0 Å². The Bertz CT molecular complexity index is 349. The van der Waals surface area contributed by atoms with E-state index in [0.29, 0.717) is 6.61 Å².